The molecule has 1 atom stereocenters. The first kappa shape index (κ1) is 24.1. The summed E-state index contributed by atoms with van der Waals surface area (Å²) in [5.74, 6) is 1.41. The van der Waals surface area contributed by atoms with Crippen LogP contribution < -0.4 is 14.2 Å². The fourth-order valence-corrected chi connectivity index (χ4v) is 3.78. The summed E-state index contributed by atoms with van der Waals surface area (Å²) in [6.45, 7) is 3.06. The van der Waals surface area contributed by atoms with Crippen molar-refractivity contribution in [2.24, 2.45) is 0 Å². The summed E-state index contributed by atoms with van der Waals surface area (Å²) in [6, 6.07) is 34.9. The minimum Gasteiger partial charge on any atom is -0.489 e. The van der Waals surface area contributed by atoms with Crippen LogP contribution in [-0.4, -0.2) is 5.97 Å². The summed E-state index contributed by atoms with van der Waals surface area (Å²) in [7, 11) is 0. The Morgan fingerprint density at radius 3 is 1.57 bits per heavy atom. The van der Waals surface area contributed by atoms with Gasteiger partial charge in [0.1, 0.15) is 30.5 Å². The third-order valence-electron chi connectivity index (χ3n) is 5.68. The van der Waals surface area contributed by atoms with E-state index in [2.05, 4.69) is 6.92 Å². The van der Waals surface area contributed by atoms with E-state index in [1.165, 1.54) is 0 Å². The van der Waals surface area contributed by atoms with Crippen molar-refractivity contribution in [3.63, 3.8) is 0 Å². The molecule has 0 aliphatic heterocycles. The van der Waals surface area contributed by atoms with Crippen LogP contribution in [0.1, 0.15) is 42.4 Å². The molecule has 35 heavy (non-hydrogen) atoms. The van der Waals surface area contributed by atoms with Crippen LogP contribution in [0.2, 0.25) is 0 Å². The molecule has 4 aromatic carbocycles. The molecule has 0 spiro atoms. The highest BCUT2D eigenvalue weighted by Gasteiger charge is 2.22. The first-order valence-corrected chi connectivity index (χ1v) is 12.0. The first-order valence-electron chi connectivity index (χ1n) is 12.0. The van der Waals surface area contributed by atoms with Gasteiger partial charge in [-0.05, 0) is 59.5 Å². The number of hydrogen-bond acceptors (Lipinski definition) is 4. The van der Waals surface area contributed by atoms with Gasteiger partial charge in [-0.3, -0.25) is 4.79 Å². The largest absolute Gasteiger partial charge is 0.489 e. The summed E-state index contributed by atoms with van der Waals surface area (Å²) in [5, 5.41) is 0. The van der Waals surface area contributed by atoms with Gasteiger partial charge in [-0.15, -0.1) is 0 Å². The molecule has 4 nitrogen and oxygen atoms in total. The predicted octanol–water partition coefficient (Wildman–Crippen LogP) is 7.33. The predicted molar refractivity (Wildman–Crippen MR) is 138 cm³/mol. The number of esters is 1. The molecular weight excluding hydrogens is 436 g/mol. The van der Waals surface area contributed by atoms with Crippen LogP contribution in [0.15, 0.2) is 109 Å². The molecule has 0 N–H and O–H groups in total. The quantitative estimate of drug-likeness (QED) is 0.171. The van der Waals surface area contributed by atoms with Crippen molar-refractivity contribution >= 4 is 5.97 Å². The number of carbonyl (C=O) groups excluding carboxylic acids is 1. The Hall–Kier alpha value is -4.05. The zero-order valence-corrected chi connectivity index (χ0v) is 19.9. The molecule has 0 aromatic heterocycles. The summed E-state index contributed by atoms with van der Waals surface area (Å²) in [5.41, 5.74) is 3.13. The van der Waals surface area contributed by atoms with E-state index in [1.54, 1.807) is 12.1 Å². The number of carbonyl (C=O) groups is 1. The third-order valence-corrected chi connectivity index (χ3v) is 5.68. The number of hydrogen-bond donors (Lipinski definition) is 0. The van der Waals surface area contributed by atoms with Crippen molar-refractivity contribution in [2.45, 2.75) is 38.9 Å². The second kappa shape index (κ2) is 12.4. The van der Waals surface area contributed by atoms with Gasteiger partial charge in [0.25, 0.3) is 0 Å². The van der Waals surface area contributed by atoms with Crippen LogP contribution in [0.25, 0.3) is 0 Å². The highest BCUT2D eigenvalue weighted by molar-refractivity contribution is 5.80. The first-order chi connectivity index (χ1) is 17.2. The number of benzene rings is 4. The molecule has 0 amide bonds. The molecule has 4 heteroatoms. The Kier molecular flexibility index (Phi) is 8.55. The molecule has 4 rings (SSSR count). The second-order valence-corrected chi connectivity index (χ2v) is 8.35. The minimum absolute atomic E-state index is 0.261. The molecule has 0 radical (unpaired) electrons. The SMILES string of the molecule is CCCC(C(=O)Oc1ccc(OCc2ccccc2)cc1)c1ccc(OCc2ccccc2)cc1. The zero-order chi connectivity index (χ0) is 24.3. The van der Waals surface area contributed by atoms with Gasteiger partial charge in [0.2, 0.25) is 0 Å². The van der Waals surface area contributed by atoms with E-state index >= 15 is 0 Å². The molecule has 0 saturated carbocycles. The molecule has 0 aliphatic rings. The highest BCUT2D eigenvalue weighted by atomic mass is 16.5. The van der Waals surface area contributed by atoms with Crippen LogP contribution in [0.3, 0.4) is 0 Å². The molecule has 0 bridgehead atoms. The lowest BCUT2D eigenvalue weighted by Crippen LogP contribution is -2.18. The van der Waals surface area contributed by atoms with Crippen LogP contribution in [0.4, 0.5) is 0 Å². The topological polar surface area (TPSA) is 44.8 Å². The second-order valence-electron chi connectivity index (χ2n) is 8.35. The van der Waals surface area contributed by atoms with Gasteiger partial charge in [-0.25, -0.2) is 0 Å². The number of rotatable bonds is 11. The van der Waals surface area contributed by atoms with Gasteiger partial charge in [-0.1, -0.05) is 86.1 Å². The van der Waals surface area contributed by atoms with Crippen LogP contribution in [0, 0.1) is 0 Å². The molecule has 0 heterocycles. The fourth-order valence-electron chi connectivity index (χ4n) is 3.78. The normalized spacial score (nSPS) is 11.5. The highest BCUT2D eigenvalue weighted by Crippen LogP contribution is 2.27. The van der Waals surface area contributed by atoms with E-state index in [0.717, 1.165) is 34.6 Å². The fraction of sp³-hybridized carbons (Fsp3) is 0.194. The molecule has 1 unspecified atom stereocenters. The van der Waals surface area contributed by atoms with Gasteiger partial charge in [0, 0.05) is 0 Å². The average Bonchev–Trinajstić information content (AvgIpc) is 2.92. The van der Waals surface area contributed by atoms with Crippen molar-refractivity contribution in [2.75, 3.05) is 0 Å². The third kappa shape index (κ3) is 7.21. The maximum atomic E-state index is 13.0. The van der Waals surface area contributed by atoms with Crippen LogP contribution in [0.5, 0.6) is 17.2 Å². The molecular formula is C31H30O4. The molecule has 4 aromatic rings. The summed E-state index contributed by atoms with van der Waals surface area (Å²) in [6.07, 6.45) is 1.58. The lowest BCUT2D eigenvalue weighted by molar-refractivity contribution is -0.136. The van der Waals surface area contributed by atoms with Crippen LogP contribution >= 0.6 is 0 Å². The van der Waals surface area contributed by atoms with Crippen molar-refractivity contribution in [1.29, 1.82) is 0 Å². The van der Waals surface area contributed by atoms with Crippen molar-refractivity contribution in [3.8, 4) is 17.2 Å². The lowest BCUT2D eigenvalue weighted by atomic mass is 9.94. The summed E-state index contributed by atoms with van der Waals surface area (Å²) in [4.78, 5) is 13.0. The summed E-state index contributed by atoms with van der Waals surface area (Å²) < 4.78 is 17.4. The monoisotopic (exact) mass is 466 g/mol. The van der Waals surface area contributed by atoms with Crippen molar-refractivity contribution in [1.82, 2.24) is 0 Å². The van der Waals surface area contributed by atoms with Gasteiger partial charge < -0.3 is 14.2 Å². The van der Waals surface area contributed by atoms with E-state index < -0.39 is 0 Å². The van der Waals surface area contributed by atoms with E-state index in [0.29, 0.717) is 25.4 Å². The van der Waals surface area contributed by atoms with Gasteiger partial charge >= 0.3 is 5.97 Å². The van der Waals surface area contributed by atoms with Gasteiger partial charge in [-0.2, -0.15) is 0 Å². The Balaban J connectivity index is 1.33. The Morgan fingerprint density at radius 1 is 0.629 bits per heavy atom. The molecule has 0 saturated heterocycles. The Bertz CT molecular complexity index is 1170. The molecule has 0 aliphatic carbocycles. The standard InChI is InChI=1S/C31H30O4/c1-2-9-30(26-14-16-27(17-15-26)33-22-24-10-5-3-6-11-24)31(32)35-29-20-18-28(19-21-29)34-23-25-12-7-4-8-13-25/h3-8,10-21,30H,2,9,22-23H2,1H3. The minimum atomic E-state index is -0.336. The summed E-state index contributed by atoms with van der Waals surface area (Å²) >= 11 is 0. The van der Waals surface area contributed by atoms with Crippen LogP contribution in [-0.2, 0) is 18.0 Å². The molecule has 0 fully saturated rings. The van der Waals surface area contributed by atoms with E-state index in [1.807, 2.05) is 97.1 Å². The Morgan fingerprint density at radius 2 is 1.09 bits per heavy atom. The van der Waals surface area contributed by atoms with E-state index in [4.69, 9.17) is 14.2 Å². The van der Waals surface area contributed by atoms with Gasteiger partial charge in [0.05, 0.1) is 5.92 Å². The van der Waals surface area contributed by atoms with Crippen molar-refractivity contribution < 1.29 is 19.0 Å². The zero-order valence-electron chi connectivity index (χ0n) is 19.9. The molecule has 178 valence electrons. The maximum Gasteiger partial charge on any atom is 0.318 e. The van der Waals surface area contributed by atoms with E-state index in [-0.39, 0.29) is 11.9 Å². The number of ether oxygens (including phenoxy) is 3. The average molecular weight is 467 g/mol. The van der Waals surface area contributed by atoms with Gasteiger partial charge in [0.15, 0.2) is 0 Å². The van der Waals surface area contributed by atoms with E-state index in [9.17, 15) is 4.79 Å². The maximum absolute atomic E-state index is 13.0. The lowest BCUT2D eigenvalue weighted by Gasteiger charge is -2.16. The smallest absolute Gasteiger partial charge is 0.318 e. The van der Waals surface area contributed by atoms with Crippen molar-refractivity contribution in [3.05, 3.63) is 126 Å². The Labute approximate surface area is 207 Å².